The summed E-state index contributed by atoms with van der Waals surface area (Å²) >= 11 is 1.72. The lowest BCUT2D eigenvalue weighted by molar-refractivity contribution is 0.584. The molecule has 0 bridgehead atoms. The van der Waals surface area contributed by atoms with Crippen molar-refractivity contribution in [2.24, 2.45) is 0 Å². The summed E-state index contributed by atoms with van der Waals surface area (Å²) in [5.74, 6) is -1.13. The fourth-order valence-electron chi connectivity index (χ4n) is 1.72. The molecule has 0 amide bonds. The zero-order valence-corrected chi connectivity index (χ0v) is 12.1. The topological polar surface area (TPSA) is 12.0 Å². The average Bonchev–Trinajstić information content (AvgIpc) is 2.73. The SMILES string of the molecule is CC(C)(C)c1ccc(CNc2cc(F)cc(F)c2)s1. The van der Waals surface area contributed by atoms with Gasteiger partial charge in [0.1, 0.15) is 11.6 Å². The Morgan fingerprint density at radius 3 is 2.21 bits per heavy atom. The normalized spacial score (nSPS) is 11.6. The molecule has 0 saturated heterocycles. The van der Waals surface area contributed by atoms with Gasteiger partial charge < -0.3 is 5.32 Å². The number of anilines is 1. The summed E-state index contributed by atoms with van der Waals surface area (Å²) in [5, 5.41) is 3.04. The van der Waals surface area contributed by atoms with Crippen LogP contribution in [0.25, 0.3) is 0 Å². The Balaban J connectivity index is 2.04. The van der Waals surface area contributed by atoms with Gasteiger partial charge in [0.15, 0.2) is 0 Å². The number of thiophene rings is 1. The van der Waals surface area contributed by atoms with E-state index in [1.165, 1.54) is 17.0 Å². The minimum atomic E-state index is -0.566. The molecule has 0 radical (unpaired) electrons. The highest BCUT2D eigenvalue weighted by Crippen LogP contribution is 2.29. The van der Waals surface area contributed by atoms with Crippen LogP contribution in [-0.4, -0.2) is 0 Å². The van der Waals surface area contributed by atoms with Gasteiger partial charge in [0.05, 0.1) is 0 Å². The van der Waals surface area contributed by atoms with Gasteiger partial charge in [-0.25, -0.2) is 8.78 Å². The first-order valence-corrected chi connectivity index (χ1v) is 6.95. The van der Waals surface area contributed by atoms with E-state index in [4.69, 9.17) is 0 Å². The summed E-state index contributed by atoms with van der Waals surface area (Å²) in [7, 11) is 0. The lowest BCUT2D eigenvalue weighted by Crippen LogP contribution is -2.07. The van der Waals surface area contributed by atoms with E-state index < -0.39 is 11.6 Å². The Kier molecular flexibility index (Phi) is 3.90. The summed E-state index contributed by atoms with van der Waals surface area (Å²) in [5.41, 5.74) is 0.594. The molecule has 0 saturated carbocycles. The molecule has 0 aliphatic heterocycles. The van der Waals surface area contributed by atoms with E-state index in [1.807, 2.05) is 6.07 Å². The van der Waals surface area contributed by atoms with Crippen molar-refractivity contribution in [2.75, 3.05) is 5.32 Å². The molecule has 2 aromatic rings. The van der Waals surface area contributed by atoms with Gasteiger partial charge in [0.25, 0.3) is 0 Å². The van der Waals surface area contributed by atoms with Crippen molar-refractivity contribution in [2.45, 2.75) is 32.7 Å². The molecule has 19 heavy (non-hydrogen) atoms. The lowest BCUT2D eigenvalue weighted by Gasteiger charge is -2.15. The van der Waals surface area contributed by atoms with Gasteiger partial charge in [0.2, 0.25) is 0 Å². The Morgan fingerprint density at radius 1 is 1.05 bits per heavy atom. The van der Waals surface area contributed by atoms with E-state index in [2.05, 4.69) is 32.2 Å². The average molecular weight is 281 g/mol. The molecule has 1 aromatic carbocycles. The van der Waals surface area contributed by atoms with E-state index in [0.29, 0.717) is 12.2 Å². The molecule has 0 aliphatic carbocycles. The third-order valence-electron chi connectivity index (χ3n) is 2.73. The lowest BCUT2D eigenvalue weighted by atomic mass is 9.95. The summed E-state index contributed by atoms with van der Waals surface area (Å²) in [4.78, 5) is 2.45. The molecular weight excluding hydrogens is 264 g/mol. The third kappa shape index (κ3) is 3.77. The molecule has 1 nitrogen and oxygen atoms in total. The van der Waals surface area contributed by atoms with Gasteiger partial charge in [-0.3, -0.25) is 0 Å². The predicted octanol–water partition coefficient (Wildman–Crippen LogP) is 4.94. The standard InChI is InChI=1S/C15H17F2NS/c1-15(2,3)14-5-4-13(19-14)9-18-12-7-10(16)6-11(17)8-12/h4-8,18H,9H2,1-3H3. The first-order valence-electron chi connectivity index (χ1n) is 6.14. The number of benzene rings is 1. The van der Waals surface area contributed by atoms with Crippen molar-refractivity contribution in [3.63, 3.8) is 0 Å². The van der Waals surface area contributed by atoms with Crippen molar-refractivity contribution in [1.82, 2.24) is 0 Å². The van der Waals surface area contributed by atoms with Gasteiger partial charge in [0, 0.05) is 28.1 Å². The number of hydrogen-bond donors (Lipinski definition) is 1. The van der Waals surface area contributed by atoms with Crippen LogP contribution in [-0.2, 0) is 12.0 Å². The zero-order valence-electron chi connectivity index (χ0n) is 11.3. The molecule has 1 heterocycles. The molecule has 0 spiro atoms. The molecule has 0 atom stereocenters. The highest BCUT2D eigenvalue weighted by atomic mass is 32.1. The third-order valence-corrected chi connectivity index (χ3v) is 4.24. The first kappa shape index (κ1) is 14.0. The number of hydrogen-bond acceptors (Lipinski definition) is 2. The summed E-state index contributed by atoms with van der Waals surface area (Å²) in [6.45, 7) is 7.07. The second kappa shape index (κ2) is 5.29. The smallest absolute Gasteiger partial charge is 0.128 e. The van der Waals surface area contributed by atoms with Crippen LogP contribution in [0.3, 0.4) is 0 Å². The molecule has 1 aromatic heterocycles. The van der Waals surface area contributed by atoms with E-state index in [1.54, 1.807) is 11.3 Å². The molecule has 1 N–H and O–H groups in total. The Hall–Kier alpha value is -1.42. The Morgan fingerprint density at radius 2 is 1.68 bits per heavy atom. The van der Waals surface area contributed by atoms with Crippen LogP contribution in [0.1, 0.15) is 30.5 Å². The molecule has 102 valence electrons. The Bertz CT molecular complexity index is 550. The minimum Gasteiger partial charge on any atom is -0.380 e. The summed E-state index contributed by atoms with van der Waals surface area (Å²) < 4.78 is 26.1. The van der Waals surface area contributed by atoms with Gasteiger partial charge in [-0.2, -0.15) is 0 Å². The predicted molar refractivity (Wildman–Crippen MR) is 76.7 cm³/mol. The maximum Gasteiger partial charge on any atom is 0.128 e. The molecular formula is C15H17F2NS. The summed E-state index contributed by atoms with van der Waals surface area (Å²) in [6.07, 6.45) is 0. The van der Waals surface area contributed by atoms with Gasteiger partial charge in [-0.15, -0.1) is 11.3 Å². The van der Waals surface area contributed by atoms with Crippen LogP contribution in [0, 0.1) is 11.6 Å². The van der Waals surface area contributed by atoms with Gasteiger partial charge in [-0.1, -0.05) is 20.8 Å². The van der Waals surface area contributed by atoms with Gasteiger partial charge in [-0.05, 0) is 29.7 Å². The maximum atomic E-state index is 13.0. The second-order valence-electron chi connectivity index (χ2n) is 5.53. The minimum absolute atomic E-state index is 0.133. The van der Waals surface area contributed by atoms with Crippen LogP contribution in [0.15, 0.2) is 30.3 Å². The monoisotopic (exact) mass is 281 g/mol. The number of nitrogens with one attached hydrogen (secondary N) is 1. The van der Waals surface area contributed by atoms with Crippen LogP contribution in [0.5, 0.6) is 0 Å². The van der Waals surface area contributed by atoms with Crippen LogP contribution >= 0.6 is 11.3 Å². The maximum absolute atomic E-state index is 13.0. The van der Waals surface area contributed by atoms with Crippen molar-refractivity contribution in [3.05, 3.63) is 51.7 Å². The highest BCUT2D eigenvalue weighted by molar-refractivity contribution is 7.12. The molecule has 0 aliphatic rings. The van der Waals surface area contributed by atoms with Gasteiger partial charge >= 0.3 is 0 Å². The molecule has 0 unspecified atom stereocenters. The fraction of sp³-hybridized carbons (Fsp3) is 0.333. The van der Waals surface area contributed by atoms with Crippen LogP contribution in [0.2, 0.25) is 0 Å². The van der Waals surface area contributed by atoms with E-state index in [9.17, 15) is 8.78 Å². The second-order valence-corrected chi connectivity index (χ2v) is 6.70. The fourth-order valence-corrected chi connectivity index (χ4v) is 2.73. The number of halogens is 2. The molecule has 4 heteroatoms. The summed E-state index contributed by atoms with van der Waals surface area (Å²) in [6, 6.07) is 7.61. The quantitative estimate of drug-likeness (QED) is 0.840. The van der Waals surface area contributed by atoms with E-state index in [-0.39, 0.29) is 5.41 Å². The largest absolute Gasteiger partial charge is 0.380 e. The van der Waals surface area contributed by atoms with Crippen LogP contribution < -0.4 is 5.32 Å². The van der Waals surface area contributed by atoms with Crippen molar-refractivity contribution in [3.8, 4) is 0 Å². The van der Waals surface area contributed by atoms with Crippen LogP contribution in [0.4, 0.5) is 14.5 Å². The Labute approximate surface area is 116 Å². The highest BCUT2D eigenvalue weighted by Gasteiger charge is 2.15. The molecule has 0 fully saturated rings. The first-order chi connectivity index (χ1) is 8.84. The molecule has 2 rings (SSSR count). The van der Waals surface area contributed by atoms with E-state index in [0.717, 1.165) is 10.9 Å². The number of rotatable bonds is 3. The van der Waals surface area contributed by atoms with Crippen molar-refractivity contribution >= 4 is 17.0 Å². The van der Waals surface area contributed by atoms with Crippen molar-refractivity contribution in [1.29, 1.82) is 0 Å². The van der Waals surface area contributed by atoms with Crippen molar-refractivity contribution < 1.29 is 8.78 Å². The zero-order chi connectivity index (χ0) is 14.0. The van der Waals surface area contributed by atoms with E-state index >= 15 is 0 Å².